The van der Waals surface area contributed by atoms with E-state index in [0.717, 1.165) is 28.8 Å². The number of benzene rings is 2. The quantitative estimate of drug-likeness (QED) is 0.842. The molecule has 3 rings (SSSR count). The molecule has 2 aromatic rings. The lowest BCUT2D eigenvalue weighted by Crippen LogP contribution is -2.34. The molecule has 4 heteroatoms. The van der Waals surface area contributed by atoms with Crippen molar-refractivity contribution in [3.8, 4) is 5.75 Å². The van der Waals surface area contributed by atoms with Gasteiger partial charge in [-0.3, -0.25) is 0 Å². The summed E-state index contributed by atoms with van der Waals surface area (Å²) >= 11 is 3.45. The lowest BCUT2D eigenvalue weighted by molar-refractivity contribution is 0.370. The monoisotopic (exact) mass is 349 g/mol. The smallest absolute Gasteiger partial charge is 0.125 e. The summed E-state index contributed by atoms with van der Waals surface area (Å²) in [6.45, 7) is 0. The van der Waals surface area contributed by atoms with E-state index in [-0.39, 0.29) is 5.82 Å². The number of ether oxygens (including phenoxy) is 1. The highest BCUT2D eigenvalue weighted by atomic mass is 79.9. The van der Waals surface area contributed by atoms with Crippen molar-refractivity contribution in [2.45, 2.75) is 24.8 Å². The number of halogens is 2. The first kappa shape index (κ1) is 14.4. The van der Waals surface area contributed by atoms with E-state index in [1.165, 1.54) is 17.7 Å². The predicted molar refractivity (Wildman–Crippen MR) is 86.5 cm³/mol. The van der Waals surface area contributed by atoms with Gasteiger partial charge in [-0.25, -0.2) is 4.39 Å². The van der Waals surface area contributed by atoms with E-state index in [4.69, 9.17) is 4.74 Å². The highest BCUT2D eigenvalue weighted by Gasteiger charge is 2.30. The Balaban J connectivity index is 1.61. The molecule has 2 aromatic carbocycles. The third kappa shape index (κ3) is 3.21. The topological polar surface area (TPSA) is 21.3 Å². The zero-order chi connectivity index (χ0) is 14.8. The van der Waals surface area contributed by atoms with Crippen molar-refractivity contribution >= 4 is 21.6 Å². The highest BCUT2D eigenvalue weighted by molar-refractivity contribution is 9.10. The zero-order valence-corrected chi connectivity index (χ0v) is 13.4. The van der Waals surface area contributed by atoms with Crippen LogP contribution in [-0.2, 0) is 0 Å². The fourth-order valence-electron chi connectivity index (χ4n) is 2.73. The van der Waals surface area contributed by atoms with Crippen LogP contribution in [0.15, 0.2) is 46.9 Å². The fourth-order valence-corrected chi connectivity index (χ4v) is 3.09. The van der Waals surface area contributed by atoms with Crippen molar-refractivity contribution in [3.63, 3.8) is 0 Å². The molecule has 2 nitrogen and oxygen atoms in total. The molecule has 110 valence electrons. The molecule has 0 heterocycles. The van der Waals surface area contributed by atoms with E-state index in [0.29, 0.717) is 12.0 Å². The van der Waals surface area contributed by atoms with E-state index < -0.39 is 0 Å². The number of hydrogen-bond donors (Lipinski definition) is 1. The Morgan fingerprint density at radius 1 is 1.19 bits per heavy atom. The maximum Gasteiger partial charge on any atom is 0.125 e. The summed E-state index contributed by atoms with van der Waals surface area (Å²) < 4.78 is 19.4. The predicted octanol–water partition coefficient (Wildman–Crippen LogP) is 4.95. The van der Waals surface area contributed by atoms with Gasteiger partial charge in [-0.15, -0.1) is 0 Å². The van der Waals surface area contributed by atoms with Crippen molar-refractivity contribution in [2.75, 3.05) is 12.4 Å². The molecule has 21 heavy (non-hydrogen) atoms. The summed E-state index contributed by atoms with van der Waals surface area (Å²) in [5, 5.41) is 3.40. The standard InChI is InChI=1S/C17H17BrFNO/c1-21-15-4-2-3-11(9-15)12-7-14(8-12)20-17-10-13(19)5-6-16(17)18/h2-6,9-10,12,14,20H,7-8H2,1H3. The Morgan fingerprint density at radius 2 is 2.00 bits per heavy atom. The van der Waals surface area contributed by atoms with Crippen molar-refractivity contribution in [3.05, 3.63) is 58.3 Å². The van der Waals surface area contributed by atoms with Gasteiger partial charge in [0.1, 0.15) is 11.6 Å². The van der Waals surface area contributed by atoms with Crippen molar-refractivity contribution in [2.24, 2.45) is 0 Å². The minimum absolute atomic E-state index is 0.218. The molecule has 1 fully saturated rings. The Bertz CT molecular complexity index is 640. The SMILES string of the molecule is COc1cccc(C2CC(Nc3cc(F)ccc3Br)C2)c1. The minimum atomic E-state index is -0.218. The second-order valence-electron chi connectivity index (χ2n) is 5.41. The minimum Gasteiger partial charge on any atom is -0.497 e. The van der Waals surface area contributed by atoms with Crippen LogP contribution < -0.4 is 10.1 Å². The number of anilines is 1. The average molecular weight is 350 g/mol. The summed E-state index contributed by atoms with van der Waals surface area (Å²) in [6, 6.07) is 13.3. The Labute approximate surface area is 132 Å². The van der Waals surface area contributed by atoms with Gasteiger partial charge in [-0.05, 0) is 70.6 Å². The van der Waals surface area contributed by atoms with Crippen LogP contribution >= 0.6 is 15.9 Å². The largest absolute Gasteiger partial charge is 0.497 e. The molecule has 0 aliphatic heterocycles. The number of methoxy groups -OCH3 is 1. The molecule has 1 N–H and O–H groups in total. The molecule has 0 bridgehead atoms. The zero-order valence-electron chi connectivity index (χ0n) is 11.8. The van der Waals surface area contributed by atoms with E-state index in [1.54, 1.807) is 13.2 Å². The third-order valence-electron chi connectivity index (χ3n) is 3.99. The van der Waals surface area contributed by atoms with Gasteiger partial charge in [-0.1, -0.05) is 12.1 Å². The van der Waals surface area contributed by atoms with Gasteiger partial charge < -0.3 is 10.1 Å². The summed E-state index contributed by atoms with van der Waals surface area (Å²) in [4.78, 5) is 0. The molecule has 0 spiro atoms. The molecule has 1 aliphatic rings. The Kier molecular flexibility index (Phi) is 4.15. The maximum atomic E-state index is 13.3. The number of nitrogens with one attached hydrogen (secondary N) is 1. The first-order valence-electron chi connectivity index (χ1n) is 7.01. The van der Waals surface area contributed by atoms with Crippen LogP contribution in [0.2, 0.25) is 0 Å². The van der Waals surface area contributed by atoms with E-state index in [1.807, 2.05) is 12.1 Å². The summed E-state index contributed by atoms with van der Waals surface area (Å²) in [7, 11) is 1.69. The first-order valence-corrected chi connectivity index (χ1v) is 7.80. The van der Waals surface area contributed by atoms with Crippen LogP contribution in [0, 0.1) is 5.82 Å². The van der Waals surface area contributed by atoms with Gasteiger partial charge in [0.15, 0.2) is 0 Å². The van der Waals surface area contributed by atoms with Gasteiger partial charge in [0.2, 0.25) is 0 Å². The molecule has 0 amide bonds. The summed E-state index contributed by atoms with van der Waals surface area (Å²) in [6.07, 6.45) is 2.10. The van der Waals surface area contributed by atoms with Gasteiger partial charge in [0.05, 0.1) is 12.8 Å². The van der Waals surface area contributed by atoms with Crippen molar-refractivity contribution < 1.29 is 9.13 Å². The number of rotatable bonds is 4. The van der Waals surface area contributed by atoms with E-state index >= 15 is 0 Å². The van der Waals surface area contributed by atoms with Gasteiger partial charge in [0.25, 0.3) is 0 Å². The first-order chi connectivity index (χ1) is 10.2. The molecule has 0 unspecified atom stereocenters. The Morgan fingerprint density at radius 3 is 2.76 bits per heavy atom. The van der Waals surface area contributed by atoms with Crippen LogP contribution in [0.5, 0.6) is 5.75 Å². The fraction of sp³-hybridized carbons (Fsp3) is 0.294. The second-order valence-corrected chi connectivity index (χ2v) is 6.26. The average Bonchev–Trinajstić information content (AvgIpc) is 2.46. The van der Waals surface area contributed by atoms with Crippen molar-refractivity contribution in [1.82, 2.24) is 0 Å². The third-order valence-corrected chi connectivity index (χ3v) is 4.68. The van der Waals surface area contributed by atoms with Crippen LogP contribution in [0.25, 0.3) is 0 Å². The van der Waals surface area contributed by atoms with Crippen LogP contribution in [0.1, 0.15) is 24.3 Å². The Hall–Kier alpha value is -1.55. The summed E-state index contributed by atoms with van der Waals surface area (Å²) in [5.41, 5.74) is 2.13. The van der Waals surface area contributed by atoms with Crippen LogP contribution in [0.4, 0.5) is 10.1 Å². The molecule has 0 radical (unpaired) electrons. The lowest BCUT2D eigenvalue weighted by atomic mass is 9.76. The van der Waals surface area contributed by atoms with E-state index in [2.05, 4.69) is 33.4 Å². The van der Waals surface area contributed by atoms with Crippen molar-refractivity contribution in [1.29, 1.82) is 0 Å². The van der Waals surface area contributed by atoms with Crippen LogP contribution in [-0.4, -0.2) is 13.2 Å². The number of hydrogen-bond acceptors (Lipinski definition) is 2. The van der Waals surface area contributed by atoms with E-state index in [9.17, 15) is 4.39 Å². The molecule has 0 atom stereocenters. The van der Waals surface area contributed by atoms with Gasteiger partial charge in [0, 0.05) is 10.5 Å². The maximum absolute atomic E-state index is 13.3. The summed E-state index contributed by atoms with van der Waals surface area (Å²) in [5.74, 6) is 1.23. The highest BCUT2D eigenvalue weighted by Crippen LogP contribution is 2.40. The lowest BCUT2D eigenvalue weighted by Gasteiger charge is -2.37. The van der Waals surface area contributed by atoms with Gasteiger partial charge in [-0.2, -0.15) is 0 Å². The van der Waals surface area contributed by atoms with Gasteiger partial charge >= 0.3 is 0 Å². The molecule has 1 aliphatic carbocycles. The molecule has 1 saturated carbocycles. The van der Waals surface area contributed by atoms with Crippen LogP contribution in [0.3, 0.4) is 0 Å². The normalized spacial score (nSPS) is 20.7. The second kappa shape index (κ2) is 6.06. The molecular weight excluding hydrogens is 333 g/mol. The molecule has 0 aromatic heterocycles. The molecule has 0 saturated heterocycles. The molecular formula is C17H17BrFNO.